The first-order chi connectivity index (χ1) is 10.2. The zero-order valence-corrected chi connectivity index (χ0v) is 13.4. The number of aromatic nitrogens is 2. The summed E-state index contributed by atoms with van der Waals surface area (Å²) in [5, 5.41) is 9.40. The molecule has 0 spiro atoms. The van der Waals surface area contributed by atoms with E-state index < -0.39 is 0 Å². The van der Waals surface area contributed by atoms with Gasteiger partial charge in [0.25, 0.3) is 5.65 Å². The van der Waals surface area contributed by atoms with Crippen LogP contribution in [0.5, 0.6) is 0 Å². The number of hydrogen-bond donors (Lipinski definition) is 0. The molecule has 1 aliphatic heterocycles. The molecule has 2 unspecified atom stereocenters. The van der Waals surface area contributed by atoms with Gasteiger partial charge >= 0.3 is 5.56 Å². The minimum atomic E-state index is 0.0536. The number of rotatable bonds is 3. The Bertz CT molecular complexity index is 766. The van der Waals surface area contributed by atoms with Crippen molar-refractivity contribution < 1.29 is 4.57 Å². The van der Waals surface area contributed by atoms with Gasteiger partial charge in [-0.15, -0.1) is 23.5 Å². The van der Waals surface area contributed by atoms with Gasteiger partial charge in [0.1, 0.15) is 18.3 Å². The van der Waals surface area contributed by atoms with E-state index in [1.165, 1.54) is 0 Å². The Hall–Kier alpha value is -1.45. The third-order valence-electron chi connectivity index (χ3n) is 3.45. The summed E-state index contributed by atoms with van der Waals surface area (Å²) in [5.74, 6) is 1.07. The van der Waals surface area contributed by atoms with Crippen molar-refractivity contribution in [1.82, 2.24) is 4.40 Å². The second kappa shape index (κ2) is 6.12. The fourth-order valence-corrected chi connectivity index (χ4v) is 5.64. The van der Waals surface area contributed by atoms with Gasteiger partial charge in [0.2, 0.25) is 0 Å². The van der Waals surface area contributed by atoms with Crippen molar-refractivity contribution in [2.24, 2.45) is 0 Å². The summed E-state index contributed by atoms with van der Waals surface area (Å²) in [6, 6.07) is 7.87. The SMILES string of the molecule is CC1CSC(c2c[n+](CCC#N)c3ccccn3c2=O)S1. The average molecular weight is 318 g/mol. The van der Waals surface area contributed by atoms with E-state index in [2.05, 4.69) is 13.0 Å². The second-order valence-electron chi connectivity index (χ2n) is 5.03. The van der Waals surface area contributed by atoms with Crippen LogP contribution in [0.25, 0.3) is 5.65 Å². The van der Waals surface area contributed by atoms with Gasteiger partial charge in [-0.25, -0.2) is 9.36 Å². The number of aryl methyl sites for hydroxylation is 1. The highest BCUT2D eigenvalue weighted by molar-refractivity contribution is 8.19. The van der Waals surface area contributed by atoms with E-state index in [0.29, 0.717) is 18.2 Å². The molecule has 0 amide bonds. The molecule has 0 aliphatic carbocycles. The Kier molecular flexibility index (Phi) is 4.22. The molecule has 0 N–H and O–H groups in total. The molecule has 2 aromatic rings. The molecule has 1 fully saturated rings. The van der Waals surface area contributed by atoms with Crippen LogP contribution in [0.3, 0.4) is 0 Å². The highest BCUT2D eigenvalue weighted by atomic mass is 32.2. The molecule has 21 heavy (non-hydrogen) atoms. The summed E-state index contributed by atoms with van der Waals surface area (Å²) in [5.41, 5.74) is 1.72. The highest BCUT2D eigenvalue weighted by Crippen LogP contribution is 2.47. The highest BCUT2D eigenvalue weighted by Gasteiger charge is 2.29. The van der Waals surface area contributed by atoms with E-state index in [-0.39, 0.29) is 10.1 Å². The molecule has 3 heterocycles. The molecule has 2 atom stereocenters. The Morgan fingerprint density at radius 2 is 2.38 bits per heavy atom. The number of pyridine rings is 1. The van der Waals surface area contributed by atoms with Gasteiger partial charge in [-0.1, -0.05) is 13.0 Å². The first-order valence-electron chi connectivity index (χ1n) is 6.88. The van der Waals surface area contributed by atoms with Gasteiger partial charge < -0.3 is 0 Å². The maximum Gasteiger partial charge on any atom is 0.347 e. The summed E-state index contributed by atoms with van der Waals surface area (Å²) in [6.45, 7) is 2.80. The third-order valence-corrected chi connectivity index (χ3v) is 6.78. The van der Waals surface area contributed by atoms with E-state index in [0.717, 1.165) is 17.0 Å². The number of fused-ring (bicyclic) bond motifs is 1. The minimum absolute atomic E-state index is 0.0536. The van der Waals surface area contributed by atoms with Crippen LogP contribution in [-0.2, 0) is 6.54 Å². The summed E-state index contributed by atoms with van der Waals surface area (Å²) in [6.07, 6.45) is 4.18. The molecule has 1 aliphatic rings. The zero-order chi connectivity index (χ0) is 14.8. The molecule has 108 valence electrons. The van der Waals surface area contributed by atoms with Gasteiger partial charge in [0.05, 0.1) is 23.3 Å². The molecule has 4 nitrogen and oxygen atoms in total. The summed E-state index contributed by atoms with van der Waals surface area (Å²) in [4.78, 5) is 12.7. The van der Waals surface area contributed by atoms with Gasteiger partial charge in [0.15, 0.2) is 0 Å². The zero-order valence-electron chi connectivity index (χ0n) is 11.7. The smallest absolute Gasteiger partial charge is 0.240 e. The Balaban J connectivity index is 2.14. The largest absolute Gasteiger partial charge is 0.347 e. The van der Waals surface area contributed by atoms with E-state index in [1.807, 2.05) is 52.5 Å². The lowest BCUT2D eigenvalue weighted by Crippen LogP contribution is -2.41. The fraction of sp³-hybridized carbons (Fsp3) is 0.400. The van der Waals surface area contributed by atoms with Crippen LogP contribution in [0.2, 0.25) is 0 Å². The molecule has 0 bridgehead atoms. The molecule has 0 aromatic carbocycles. The Morgan fingerprint density at radius 3 is 3.10 bits per heavy atom. The number of nitriles is 1. The fourth-order valence-electron chi connectivity index (χ4n) is 2.46. The van der Waals surface area contributed by atoms with Crippen molar-refractivity contribution in [3.8, 4) is 6.07 Å². The first kappa shape index (κ1) is 14.5. The van der Waals surface area contributed by atoms with Crippen molar-refractivity contribution >= 4 is 29.2 Å². The minimum Gasteiger partial charge on any atom is -0.240 e. The Labute approximate surface area is 131 Å². The number of thioether (sulfide) groups is 2. The van der Waals surface area contributed by atoms with Crippen molar-refractivity contribution in [2.45, 2.75) is 29.7 Å². The molecule has 2 aromatic heterocycles. The van der Waals surface area contributed by atoms with Crippen LogP contribution in [0.15, 0.2) is 35.4 Å². The lowest BCUT2D eigenvalue weighted by atomic mass is 10.3. The molecule has 0 radical (unpaired) electrons. The van der Waals surface area contributed by atoms with Gasteiger partial charge in [-0.3, -0.25) is 0 Å². The van der Waals surface area contributed by atoms with Crippen LogP contribution in [0.4, 0.5) is 0 Å². The van der Waals surface area contributed by atoms with Crippen LogP contribution < -0.4 is 10.1 Å². The number of hydrogen-bond acceptors (Lipinski definition) is 4. The third kappa shape index (κ3) is 2.81. The maximum atomic E-state index is 12.7. The van der Waals surface area contributed by atoms with Gasteiger partial charge in [-0.05, 0) is 6.07 Å². The molecular formula is C15H16N3OS2+. The van der Waals surface area contributed by atoms with E-state index in [9.17, 15) is 4.79 Å². The average Bonchev–Trinajstić information content (AvgIpc) is 2.93. The quantitative estimate of drug-likeness (QED) is 0.815. The lowest BCUT2D eigenvalue weighted by molar-refractivity contribution is -0.674. The van der Waals surface area contributed by atoms with Crippen LogP contribution in [0.1, 0.15) is 23.5 Å². The molecule has 0 saturated carbocycles. The molecule has 1 saturated heterocycles. The maximum absolute atomic E-state index is 12.7. The standard InChI is InChI=1S/C15H16N3OS2/c1-11-10-20-15(21-11)12-9-17(7-4-6-16)13-5-2-3-8-18(13)14(12)19/h2-3,5,8-9,11,15H,4,7,10H2,1H3/q+1. The predicted molar refractivity (Wildman–Crippen MR) is 86.3 cm³/mol. The van der Waals surface area contributed by atoms with Crippen molar-refractivity contribution in [3.63, 3.8) is 0 Å². The summed E-state index contributed by atoms with van der Waals surface area (Å²) < 4.78 is 3.90. The summed E-state index contributed by atoms with van der Waals surface area (Å²) >= 11 is 3.68. The van der Waals surface area contributed by atoms with E-state index >= 15 is 0 Å². The molecular weight excluding hydrogens is 302 g/mol. The van der Waals surface area contributed by atoms with Crippen LogP contribution in [0, 0.1) is 11.3 Å². The summed E-state index contributed by atoms with van der Waals surface area (Å²) in [7, 11) is 0. The second-order valence-corrected chi connectivity index (χ2v) is 8.02. The van der Waals surface area contributed by atoms with Gasteiger partial charge in [0, 0.05) is 17.1 Å². The van der Waals surface area contributed by atoms with Gasteiger partial charge in [-0.2, -0.15) is 9.66 Å². The lowest BCUT2D eigenvalue weighted by Gasteiger charge is -2.09. The normalized spacial score (nSPS) is 21.5. The molecule has 6 heteroatoms. The number of nitrogens with zero attached hydrogens (tertiary/aromatic N) is 3. The first-order valence-corrected chi connectivity index (χ1v) is 8.87. The monoisotopic (exact) mass is 318 g/mol. The molecule has 3 rings (SSSR count). The van der Waals surface area contributed by atoms with E-state index in [4.69, 9.17) is 5.26 Å². The Morgan fingerprint density at radius 1 is 1.52 bits per heavy atom. The van der Waals surface area contributed by atoms with Crippen molar-refractivity contribution in [2.75, 3.05) is 5.75 Å². The predicted octanol–water partition coefficient (Wildman–Crippen LogP) is 2.37. The van der Waals surface area contributed by atoms with Crippen LogP contribution >= 0.6 is 23.5 Å². The van der Waals surface area contributed by atoms with Crippen LogP contribution in [-0.4, -0.2) is 15.4 Å². The van der Waals surface area contributed by atoms with Crippen molar-refractivity contribution in [1.29, 1.82) is 5.26 Å². The topological polar surface area (TPSA) is 49.1 Å². The van der Waals surface area contributed by atoms with E-state index in [1.54, 1.807) is 10.6 Å². The van der Waals surface area contributed by atoms with Crippen molar-refractivity contribution in [3.05, 3.63) is 46.5 Å².